The lowest BCUT2D eigenvalue weighted by Gasteiger charge is -2.21. The predicted octanol–water partition coefficient (Wildman–Crippen LogP) is 3.28. The van der Waals surface area contributed by atoms with E-state index in [2.05, 4.69) is 20.1 Å². The van der Waals surface area contributed by atoms with Crippen LogP contribution in [0, 0.1) is 5.92 Å². The number of aromatic amines is 1. The molecule has 172 valence electrons. The summed E-state index contributed by atoms with van der Waals surface area (Å²) < 4.78 is 31.1. The van der Waals surface area contributed by atoms with Crippen LogP contribution in [0.3, 0.4) is 0 Å². The average molecular weight is 468 g/mol. The number of fused-ring (bicyclic) bond motifs is 1. The van der Waals surface area contributed by atoms with Crippen LogP contribution in [0.1, 0.15) is 24.8 Å². The van der Waals surface area contributed by atoms with Crippen molar-refractivity contribution >= 4 is 21.0 Å². The lowest BCUT2D eigenvalue weighted by Crippen LogP contribution is -2.16. The molecule has 1 saturated heterocycles. The van der Waals surface area contributed by atoms with Crippen LogP contribution in [0.5, 0.6) is 5.88 Å². The molecule has 0 bridgehead atoms. The third kappa shape index (κ3) is 4.36. The number of aromatic nitrogens is 5. The number of ether oxygens (including phenoxy) is 1. The van der Waals surface area contributed by atoms with E-state index in [1.165, 1.54) is 10.9 Å². The fourth-order valence-electron chi connectivity index (χ4n) is 4.24. The van der Waals surface area contributed by atoms with Gasteiger partial charge >= 0.3 is 0 Å². The van der Waals surface area contributed by atoms with Crippen LogP contribution in [-0.4, -0.2) is 57.7 Å². The van der Waals surface area contributed by atoms with Crippen LogP contribution in [-0.2, 0) is 21.0 Å². The normalized spacial score (nSPS) is 15.3. The van der Waals surface area contributed by atoms with Crippen molar-refractivity contribution in [2.45, 2.75) is 30.6 Å². The van der Waals surface area contributed by atoms with Crippen LogP contribution in [0.4, 0.5) is 0 Å². The summed E-state index contributed by atoms with van der Waals surface area (Å²) in [4.78, 5) is 12.1. The first-order chi connectivity index (χ1) is 15.9. The number of sulfone groups is 1. The molecular formula is C23H25N5O4S. The van der Waals surface area contributed by atoms with Crippen LogP contribution >= 0.6 is 0 Å². The molecule has 4 aromatic rings. The van der Waals surface area contributed by atoms with Gasteiger partial charge < -0.3 is 14.8 Å². The maximum Gasteiger partial charge on any atom is 0.233 e. The Morgan fingerprint density at radius 1 is 1.21 bits per heavy atom. The van der Waals surface area contributed by atoms with Gasteiger partial charge in [0.2, 0.25) is 11.8 Å². The van der Waals surface area contributed by atoms with Crippen molar-refractivity contribution in [3.63, 3.8) is 0 Å². The van der Waals surface area contributed by atoms with Crippen molar-refractivity contribution in [1.82, 2.24) is 24.7 Å². The molecule has 9 nitrogen and oxygen atoms in total. The van der Waals surface area contributed by atoms with Gasteiger partial charge in [-0.15, -0.1) is 0 Å². The van der Waals surface area contributed by atoms with E-state index in [0.29, 0.717) is 46.3 Å². The molecule has 1 fully saturated rings. The Bertz CT molecular complexity index is 1370. The van der Waals surface area contributed by atoms with E-state index in [0.717, 1.165) is 32.5 Å². The van der Waals surface area contributed by atoms with Crippen molar-refractivity contribution in [1.29, 1.82) is 0 Å². The van der Waals surface area contributed by atoms with Gasteiger partial charge in [-0.3, -0.25) is 0 Å². The molecule has 0 atom stereocenters. The molecule has 1 aliphatic heterocycles. The van der Waals surface area contributed by atoms with Gasteiger partial charge in [0, 0.05) is 36.8 Å². The maximum absolute atomic E-state index is 12.1. The SMILES string of the molecule is CS(=O)(=O)c1cccc(-c2nn(-c3nc4cccnc4[nH]3)c(O)c2CCC2CCOCC2)c1. The predicted molar refractivity (Wildman–Crippen MR) is 123 cm³/mol. The topological polar surface area (TPSA) is 123 Å². The molecular weight excluding hydrogens is 442 g/mol. The maximum atomic E-state index is 12.1. The zero-order valence-electron chi connectivity index (χ0n) is 18.2. The van der Waals surface area contributed by atoms with E-state index in [1.54, 1.807) is 36.5 Å². The standard InChI is InChI=1S/C23H25N5O4S/c1-33(30,31)17-5-2-4-16(14-17)20-18(8-7-15-9-12-32-13-10-15)22(29)28(27-20)23-25-19-6-3-11-24-21(19)26-23/h2-6,11,14-15,29H,7-10,12-13H2,1H3,(H,24,25,26). The number of benzene rings is 1. The van der Waals surface area contributed by atoms with Gasteiger partial charge in [0.05, 0.1) is 4.90 Å². The van der Waals surface area contributed by atoms with Crippen molar-refractivity contribution in [2.75, 3.05) is 19.5 Å². The minimum Gasteiger partial charge on any atom is -0.493 e. The van der Waals surface area contributed by atoms with Gasteiger partial charge in [0.25, 0.3) is 0 Å². The Kier molecular flexibility index (Phi) is 5.63. The third-order valence-corrected chi connectivity index (χ3v) is 7.19. The summed E-state index contributed by atoms with van der Waals surface area (Å²) in [6.45, 7) is 1.51. The van der Waals surface area contributed by atoms with Gasteiger partial charge in [-0.1, -0.05) is 12.1 Å². The number of hydrogen-bond donors (Lipinski definition) is 2. The number of aromatic hydroxyl groups is 1. The molecule has 0 radical (unpaired) electrons. The molecule has 0 amide bonds. The molecule has 33 heavy (non-hydrogen) atoms. The average Bonchev–Trinajstić information content (AvgIpc) is 3.38. The molecule has 1 aliphatic rings. The summed E-state index contributed by atoms with van der Waals surface area (Å²) in [5.74, 6) is 0.840. The van der Waals surface area contributed by atoms with E-state index < -0.39 is 9.84 Å². The first-order valence-corrected chi connectivity index (χ1v) is 12.8. The van der Waals surface area contributed by atoms with Crippen molar-refractivity contribution in [3.05, 3.63) is 48.2 Å². The number of H-pyrrole nitrogens is 1. The van der Waals surface area contributed by atoms with Crippen molar-refractivity contribution < 1.29 is 18.3 Å². The van der Waals surface area contributed by atoms with Gasteiger partial charge in [-0.2, -0.15) is 9.78 Å². The van der Waals surface area contributed by atoms with Gasteiger partial charge in [-0.25, -0.2) is 18.4 Å². The molecule has 3 aromatic heterocycles. The quantitative estimate of drug-likeness (QED) is 0.446. The van der Waals surface area contributed by atoms with E-state index in [-0.39, 0.29) is 10.8 Å². The Morgan fingerprint density at radius 3 is 2.79 bits per heavy atom. The second kappa shape index (κ2) is 8.60. The van der Waals surface area contributed by atoms with Gasteiger partial charge in [0.1, 0.15) is 11.2 Å². The highest BCUT2D eigenvalue weighted by Gasteiger charge is 2.24. The minimum atomic E-state index is -3.39. The number of pyridine rings is 1. The zero-order chi connectivity index (χ0) is 23.0. The minimum absolute atomic E-state index is 0.0131. The summed E-state index contributed by atoms with van der Waals surface area (Å²) >= 11 is 0. The molecule has 1 aromatic carbocycles. The highest BCUT2D eigenvalue weighted by atomic mass is 32.2. The molecule has 0 spiro atoms. The van der Waals surface area contributed by atoms with Crippen molar-refractivity contribution in [3.8, 4) is 23.1 Å². The molecule has 5 rings (SSSR count). The number of nitrogens with one attached hydrogen (secondary N) is 1. The monoisotopic (exact) mass is 467 g/mol. The Hall–Kier alpha value is -3.24. The number of hydrogen-bond acceptors (Lipinski definition) is 7. The van der Waals surface area contributed by atoms with E-state index in [9.17, 15) is 13.5 Å². The largest absolute Gasteiger partial charge is 0.493 e. The number of imidazole rings is 1. The van der Waals surface area contributed by atoms with E-state index in [1.807, 2.05) is 6.07 Å². The molecule has 10 heteroatoms. The van der Waals surface area contributed by atoms with Crippen LogP contribution in [0.15, 0.2) is 47.5 Å². The first-order valence-electron chi connectivity index (χ1n) is 10.9. The lowest BCUT2D eigenvalue weighted by molar-refractivity contribution is 0.0640. The lowest BCUT2D eigenvalue weighted by atomic mass is 9.92. The zero-order valence-corrected chi connectivity index (χ0v) is 19.0. The summed E-state index contributed by atoms with van der Waals surface area (Å²) in [6.07, 6.45) is 6.30. The summed E-state index contributed by atoms with van der Waals surface area (Å²) in [5.41, 5.74) is 3.08. The second-order valence-electron chi connectivity index (χ2n) is 8.39. The highest BCUT2D eigenvalue weighted by molar-refractivity contribution is 7.90. The summed E-state index contributed by atoms with van der Waals surface area (Å²) in [5, 5.41) is 15.8. The summed E-state index contributed by atoms with van der Waals surface area (Å²) in [7, 11) is -3.39. The molecule has 0 unspecified atom stereocenters. The highest BCUT2D eigenvalue weighted by Crippen LogP contribution is 2.35. The van der Waals surface area contributed by atoms with Crippen molar-refractivity contribution in [2.24, 2.45) is 5.92 Å². The van der Waals surface area contributed by atoms with E-state index >= 15 is 0 Å². The Labute approximate surface area is 191 Å². The second-order valence-corrected chi connectivity index (χ2v) is 10.4. The number of rotatable bonds is 6. The third-order valence-electron chi connectivity index (χ3n) is 6.08. The molecule has 0 saturated carbocycles. The molecule has 4 heterocycles. The smallest absolute Gasteiger partial charge is 0.233 e. The summed E-state index contributed by atoms with van der Waals surface area (Å²) in [6, 6.07) is 10.3. The van der Waals surface area contributed by atoms with E-state index in [4.69, 9.17) is 4.74 Å². The fraction of sp³-hybridized carbons (Fsp3) is 0.348. The number of nitrogens with zero attached hydrogens (tertiary/aromatic N) is 4. The Morgan fingerprint density at radius 2 is 2.03 bits per heavy atom. The van der Waals surface area contributed by atoms with Gasteiger partial charge in [0.15, 0.2) is 15.5 Å². The first kappa shape index (κ1) is 21.6. The van der Waals surface area contributed by atoms with Crippen LogP contribution in [0.25, 0.3) is 28.4 Å². The fourth-order valence-corrected chi connectivity index (χ4v) is 4.91. The van der Waals surface area contributed by atoms with Gasteiger partial charge in [-0.05, 0) is 55.9 Å². The molecule has 2 N–H and O–H groups in total. The molecule has 0 aliphatic carbocycles. The van der Waals surface area contributed by atoms with Crippen LogP contribution in [0.2, 0.25) is 0 Å². The van der Waals surface area contributed by atoms with Crippen LogP contribution < -0.4 is 0 Å². The Balaban J connectivity index is 1.59.